The minimum absolute atomic E-state index is 0.229. The Balaban J connectivity index is 1.44. The third-order valence-corrected chi connectivity index (χ3v) is 6.42. The van der Waals surface area contributed by atoms with E-state index in [1.165, 1.54) is 10.5 Å². The summed E-state index contributed by atoms with van der Waals surface area (Å²) in [7, 11) is 0. The Labute approximate surface area is 188 Å². The first-order valence-electron chi connectivity index (χ1n) is 9.67. The molecule has 4 rings (SSSR count). The van der Waals surface area contributed by atoms with Crippen LogP contribution < -0.4 is 0 Å². The third kappa shape index (κ3) is 4.60. The van der Waals surface area contributed by atoms with Gasteiger partial charge < -0.3 is 4.42 Å². The molecule has 1 aliphatic heterocycles. The molecule has 152 valence electrons. The lowest BCUT2D eigenvalue weighted by Gasteiger charge is -2.11. The zero-order valence-electron chi connectivity index (χ0n) is 16.4. The highest BCUT2D eigenvalue weighted by atomic mass is 79.9. The van der Waals surface area contributed by atoms with E-state index in [2.05, 4.69) is 28.1 Å². The van der Waals surface area contributed by atoms with Crippen LogP contribution in [-0.4, -0.2) is 22.6 Å². The van der Waals surface area contributed by atoms with Crippen molar-refractivity contribution < 1.29 is 14.0 Å². The van der Waals surface area contributed by atoms with Crippen LogP contribution in [0, 0.1) is 6.92 Å². The van der Waals surface area contributed by atoms with Crippen LogP contribution in [-0.2, 0) is 11.2 Å². The molecule has 0 bridgehead atoms. The molecule has 0 radical (unpaired) electrons. The van der Waals surface area contributed by atoms with E-state index in [0.717, 1.165) is 40.2 Å². The van der Waals surface area contributed by atoms with Gasteiger partial charge in [-0.15, -0.1) is 0 Å². The molecule has 3 aromatic rings. The van der Waals surface area contributed by atoms with Gasteiger partial charge in [0.05, 0.1) is 4.91 Å². The van der Waals surface area contributed by atoms with Crippen LogP contribution in [0.5, 0.6) is 0 Å². The fourth-order valence-electron chi connectivity index (χ4n) is 3.30. The summed E-state index contributed by atoms with van der Waals surface area (Å²) in [5.74, 6) is 0.995. The average Bonchev–Trinajstić information content (AvgIpc) is 3.29. The van der Waals surface area contributed by atoms with E-state index in [1.54, 1.807) is 6.08 Å². The van der Waals surface area contributed by atoms with Crippen LogP contribution in [0.3, 0.4) is 0 Å². The first-order valence-corrected chi connectivity index (χ1v) is 11.3. The van der Waals surface area contributed by atoms with Gasteiger partial charge in [0.15, 0.2) is 0 Å². The number of thioether (sulfide) groups is 1. The van der Waals surface area contributed by atoms with Gasteiger partial charge in [0.2, 0.25) is 0 Å². The van der Waals surface area contributed by atoms with E-state index in [9.17, 15) is 9.59 Å². The molecule has 0 N–H and O–H groups in total. The van der Waals surface area contributed by atoms with E-state index in [-0.39, 0.29) is 11.1 Å². The standard InChI is InChI=1S/C24H20BrNO3S/c1-16-9-11-19(20(25)14-16)21-12-10-18(29-21)15-22-23(27)26(24(28)30-22)13-5-8-17-6-3-2-4-7-17/h2-4,6-7,9-12,14-15H,5,8,13H2,1H3/b22-15-. The van der Waals surface area contributed by atoms with E-state index < -0.39 is 0 Å². The van der Waals surface area contributed by atoms with Crippen molar-refractivity contribution in [3.63, 3.8) is 0 Å². The molecule has 1 saturated heterocycles. The van der Waals surface area contributed by atoms with Gasteiger partial charge >= 0.3 is 0 Å². The van der Waals surface area contributed by atoms with Crippen molar-refractivity contribution in [1.29, 1.82) is 0 Å². The number of hydrogen-bond donors (Lipinski definition) is 0. The maximum atomic E-state index is 12.7. The van der Waals surface area contributed by atoms with Gasteiger partial charge in [-0.05, 0) is 66.9 Å². The van der Waals surface area contributed by atoms with Gasteiger partial charge in [-0.2, -0.15) is 0 Å². The molecule has 0 aliphatic carbocycles. The van der Waals surface area contributed by atoms with Crippen LogP contribution in [0.1, 0.15) is 23.3 Å². The molecule has 6 heteroatoms. The molecular weight excluding hydrogens is 462 g/mol. The maximum absolute atomic E-state index is 12.7. The summed E-state index contributed by atoms with van der Waals surface area (Å²) in [5, 5.41) is -0.229. The molecule has 2 aromatic carbocycles. The zero-order valence-corrected chi connectivity index (χ0v) is 18.8. The van der Waals surface area contributed by atoms with Crippen molar-refractivity contribution in [2.24, 2.45) is 0 Å². The van der Waals surface area contributed by atoms with Crippen molar-refractivity contribution in [3.05, 3.63) is 86.9 Å². The molecular formula is C24H20BrNO3S. The number of carbonyl (C=O) groups is 2. The predicted octanol–water partition coefficient (Wildman–Crippen LogP) is 6.69. The summed E-state index contributed by atoms with van der Waals surface area (Å²) in [6.07, 6.45) is 3.21. The first-order chi connectivity index (χ1) is 14.5. The first kappa shape index (κ1) is 20.7. The van der Waals surface area contributed by atoms with Crippen molar-refractivity contribution in [2.45, 2.75) is 19.8 Å². The number of rotatable bonds is 6. The minimum atomic E-state index is -0.257. The largest absolute Gasteiger partial charge is 0.457 e. The van der Waals surface area contributed by atoms with Gasteiger partial charge in [-0.3, -0.25) is 14.5 Å². The van der Waals surface area contributed by atoms with Crippen LogP contribution in [0.2, 0.25) is 0 Å². The Morgan fingerprint density at radius 3 is 2.63 bits per heavy atom. The van der Waals surface area contributed by atoms with Crippen molar-refractivity contribution >= 4 is 44.9 Å². The SMILES string of the molecule is Cc1ccc(-c2ccc(/C=C3\SC(=O)N(CCCc4ccccc4)C3=O)o2)c(Br)c1. The second-order valence-electron chi connectivity index (χ2n) is 7.11. The fourth-order valence-corrected chi connectivity index (χ4v) is 4.84. The molecule has 0 saturated carbocycles. The lowest BCUT2D eigenvalue weighted by atomic mass is 10.1. The predicted molar refractivity (Wildman–Crippen MR) is 124 cm³/mol. The van der Waals surface area contributed by atoms with Gasteiger partial charge in [0.1, 0.15) is 11.5 Å². The average molecular weight is 482 g/mol. The van der Waals surface area contributed by atoms with Gasteiger partial charge in [-0.25, -0.2) is 0 Å². The highest BCUT2D eigenvalue weighted by Crippen LogP contribution is 2.35. The second-order valence-corrected chi connectivity index (χ2v) is 8.96. The monoisotopic (exact) mass is 481 g/mol. The number of carbonyl (C=O) groups excluding carboxylic acids is 2. The number of aryl methyl sites for hydroxylation is 2. The molecule has 2 amide bonds. The summed E-state index contributed by atoms with van der Waals surface area (Å²) in [4.78, 5) is 26.7. The Kier molecular flexibility index (Phi) is 6.25. The molecule has 1 fully saturated rings. The summed E-state index contributed by atoms with van der Waals surface area (Å²) < 4.78 is 6.85. The third-order valence-electron chi connectivity index (χ3n) is 4.85. The number of hydrogen-bond acceptors (Lipinski definition) is 4. The lowest BCUT2D eigenvalue weighted by Crippen LogP contribution is -2.29. The number of furan rings is 1. The Morgan fingerprint density at radius 2 is 1.87 bits per heavy atom. The normalized spacial score (nSPS) is 15.4. The van der Waals surface area contributed by atoms with Gasteiger partial charge in [-0.1, -0.05) is 52.3 Å². The molecule has 0 spiro atoms. The second kappa shape index (κ2) is 9.06. The summed E-state index contributed by atoms with van der Waals surface area (Å²) in [6.45, 7) is 2.44. The Morgan fingerprint density at radius 1 is 1.07 bits per heavy atom. The highest BCUT2D eigenvalue weighted by molar-refractivity contribution is 9.10. The molecule has 1 aromatic heterocycles. The van der Waals surface area contributed by atoms with Crippen molar-refractivity contribution in [3.8, 4) is 11.3 Å². The van der Waals surface area contributed by atoms with Crippen molar-refractivity contribution in [1.82, 2.24) is 4.90 Å². The Hall–Kier alpha value is -2.57. The summed E-state index contributed by atoms with van der Waals surface area (Å²) in [6, 6.07) is 19.8. The molecule has 1 aliphatic rings. The Bertz CT molecular complexity index is 1120. The lowest BCUT2D eigenvalue weighted by molar-refractivity contribution is -0.122. The highest BCUT2D eigenvalue weighted by Gasteiger charge is 2.34. The molecule has 0 atom stereocenters. The van der Waals surface area contributed by atoms with Gasteiger partial charge in [0.25, 0.3) is 11.1 Å². The molecule has 0 unspecified atom stereocenters. The van der Waals surface area contributed by atoms with Crippen molar-refractivity contribution in [2.75, 3.05) is 6.54 Å². The van der Waals surface area contributed by atoms with E-state index in [0.29, 0.717) is 23.0 Å². The summed E-state index contributed by atoms with van der Waals surface area (Å²) in [5.41, 5.74) is 3.29. The molecule has 4 nitrogen and oxygen atoms in total. The van der Waals surface area contributed by atoms with Crippen LogP contribution in [0.4, 0.5) is 4.79 Å². The number of halogens is 1. The topological polar surface area (TPSA) is 50.5 Å². The number of amides is 2. The van der Waals surface area contributed by atoms with Crippen LogP contribution in [0.25, 0.3) is 17.4 Å². The minimum Gasteiger partial charge on any atom is -0.457 e. The molecule has 2 heterocycles. The quantitative estimate of drug-likeness (QED) is 0.368. The van der Waals surface area contributed by atoms with Crippen LogP contribution >= 0.6 is 27.7 Å². The number of imide groups is 1. The van der Waals surface area contributed by atoms with E-state index >= 15 is 0 Å². The van der Waals surface area contributed by atoms with Crippen LogP contribution in [0.15, 0.2) is 74.5 Å². The number of benzene rings is 2. The summed E-state index contributed by atoms with van der Waals surface area (Å²) >= 11 is 4.52. The van der Waals surface area contributed by atoms with E-state index in [1.807, 2.05) is 55.5 Å². The van der Waals surface area contributed by atoms with Gasteiger partial charge in [0, 0.05) is 22.7 Å². The smallest absolute Gasteiger partial charge is 0.293 e. The fraction of sp³-hybridized carbons (Fsp3) is 0.167. The van der Waals surface area contributed by atoms with E-state index in [4.69, 9.17) is 4.42 Å². The zero-order chi connectivity index (χ0) is 21.1. The maximum Gasteiger partial charge on any atom is 0.293 e. The number of nitrogens with zero attached hydrogens (tertiary/aromatic N) is 1. The molecule has 30 heavy (non-hydrogen) atoms.